The van der Waals surface area contributed by atoms with E-state index in [0.717, 1.165) is 11.3 Å². The third-order valence-corrected chi connectivity index (χ3v) is 3.33. The SMILES string of the molecule is Cc1ccc(NC(=O)CCNC(=O)c2ccc(Cl)cc2)cc1. The molecule has 0 saturated heterocycles. The Kier molecular flexibility index (Phi) is 5.55. The lowest BCUT2D eigenvalue weighted by Gasteiger charge is -2.07. The molecular weight excluding hydrogens is 300 g/mol. The minimum absolute atomic E-state index is 0.139. The van der Waals surface area contributed by atoms with Crippen LogP contribution in [0.4, 0.5) is 5.69 Å². The van der Waals surface area contributed by atoms with Crippen molar-refractivity contribution >= 4 is 29.1 Å². The van der Waals surface area contributed by atoms with Gasteiger partial charge in [-0.05, 0) is 43.3 Å². The van der Waals surface area contributed by atoms with Crippen molar-refractivity contribution in [1.82, 2.24) is 5.32 Å². The van der Waals surface area contributed by atoms with Gasteiger partial charge < -0.3 is 10.6 Å². The van der Waals surface area contributed by atoms with E-state index in [2.05, 4.69) is 10.6 Å². The number of aryl methyl sites for hydroxylation is 1. The molecule has 2 N–H and O–H groups in total. The van der Waals surface area contributed by atoms with E-state index in [1.807, 2.05) is 31.2 Å². The third-order valence-electron chi connectivity index (χ3n) is 3.08. The first-order valence-electron chi connectivity index (χ1n) is 6.95. The fourth-order valence-electron chi connectivity index (χ4n) is 1.85. The van der Waals surface area contributed by atoms with Crippen molar-refractivity contribution in [3.05, 3.63) is 64.7 Å². The van der Waals surface area contributed by atoms with E-state index < -0.39 is 0 Å². The normalized spacial score (nSPS) is 10.1. The Morgan fingerprint density at radius 1 is 1.00 bits per heavy atom. The number of hydrogen-bond donors (Lipinski definition) is 2. The summed E-state index contributed by atoms with van der Waals surface area (Å²) in [4.78, 5) is 23.6. The van der Waals surface area contributed by atoms with Gasteiger partial charge in [-0.25, -0.2) is 0 Å². The fraction of sp³-hybridized carbons (Fsp3) is 0.176. The lowest BCUT2D eigenvalue weighted by atomic mass is 10.2. The lowest BCUT2D eigenvalue weighted by Crippen LogP contribution is -2.27. The molecule has 2 aromatic rings. The molecular formula is C17H17ClN2O2. The Morgan fingerprint density at radius 2 is 1.64 bits per heavy atom. The van der Waals surface area contributed by atoms with Crippen molar-refractivity contribution in [2.24, 2.45) is 0 Å². The molecule has 5 heteroatoms. The van der Waals surface area contributed by atoms with Crippen LogP contribution in [0.5, 0.6) is 0 Å². The number of anilines is 1. The van der Waals surface area contributed by atoms with E-state index in [1.165, 1.54) is 0 Å². The van der Waals surface area contributed by atoms with Crippen LogP contribution in [0.2, 0.25) is 5.02 Å². The highest BCUT2D eigenvalue weighted by molar-refractivity contribution is 6.30. The van der Waals surface area contributed by atoms with Crippen molar-refractivity contribution in [3.63, 3.8) is 0 Å². The molecule has 0 unspecified atom stereocenters. The molecule has 114 valence electrons. The topological polar surface area (TPSA) is 58.2 Å². The monoisotopic (exact) mass is 316 g/mol. The number of amides is 2. The van der Waals surface area contributed by atoms with Crippen LogP contribution in [0, 0.1) is 6.92 Å². The Morgan fingerprint density at radius 3 is 2.27 bits per heavy atom. The standard InChI is InChI=1S/C17H17ClN2O2/c1-12-2-8-15(9-3-12)20-16(21)10-11-19-17(22)13-4-6-14(18)7-5-13/h2-9H,10-11H2,1H3,(H,19,22)(H,20,21). The molecule has 4 nitrogen and oxygen atoms in total. The lowest BCUT2D eigenvalue weighted by molar-refractivity contribution is -0.116. The predicted octanol–water partition coefficient (Wildman–Crippen LogP) is 3.41. The van der Waals surface area contributed by atoms with Gasteiger partial charge in [0.15, 0.2) is 0 Å². The fourth-order valence-corrected chi connectivity index (χ4v) is 1.98. The number of halogens is 1. The summed E-state index contributed by atoms with van der Waals surface area (Å²) in [6.07, 6.45) is 0.215. The summed E-state index contributed by atoms with van der Waals surface area (Å²) >= 11 is 5.76. The highest BCUT2D eigenvalue weighted by Gasteiger charge is 2.06. The number of carbonyl (C=O) groups excluding carboxylic acids is 2. The Hall–Kier alpha value is -2.33. The molecule has 0 aliphatic heterocycles. The first-order valence-corrected chi connectivity index (χ1v) is 7.33. The molecule has 0 bridgehead atoms. The van der Waals surface area contributed by atoms with Crippen molar-refractivity contribution in [1.29, 1.82) is 0 Å². The van der Waals surface area contributed by atoms with Gasteiger partial charge in [-0.1, -0.05) is 29.3 Å². The molecule has 2 rings (SSSR count). The smallest absolute Gasteiger partial charge is 0.251 e. The van der Waals surface area contributed by atoms with Gasteiger partial charge in [0.05, 0.1) is 0 Å². The van der Waals surface area contributed by atoms with E-state index in [1.54, 1.807) is 24.3 Å². The summed E-state index contributed by atoms with van der Waals surface area (Å²) in [7, 11) is 0. The van der Waals surface area contributed by atoms with Crippen molar-refractivity contribution in [2.75, 3.05) is 11.9 Å². The summed E-state index contributed by atoms with van der Waals surface area (Å²) in [5.41, 5.74) is 2.40. The largest absolute Gasteiger partial charge is 0.352 e. The molecule has 0 aromatic heterocycles. The van der Waals surface area contributed by atoms with Crippen molar-refractivity contribution in [3.8, 4) is 0 Å². The van der Waals surface area contributed by atoms with Crippen LogP contribution in [-0.4, -0.2) is 18.4 Å². The van der Waals surface area contributed by atoms with Crippen LogP contribution in [-0.2, 0) is 4.79 Å². The maximum Gasteiger partial charge on any atom is 0.251 e. The Labute approximate surface area is 134 Å². The molecule has 0 heterocycles. The van der Waals surface area contributed by atoms with E-state index in [-0.39, 0.29) is 24.8 Å². The van der Waals surface area contributed by atoms with Crippen LogP contribution >= 0.6 is 11.6 Å². The summed E-state index contributed by atoms with van der Waals surface area (Å²) in [6.45, 7) is 2.26. The van der Waals surface area contributed by atoms with Crippen LogP contribution in [0.3, 0.4) is 0 Å². The van der Waals surface area contributed by atoms with E-state index in [4.69, 9.17) is 11.6 Å². The average molecular weight is 317 g/mol. The predicted molar refractivity (Wildman–Crippen MR) is 88.2 cm³/mol. The molecule has 0 aliphatic carbocycles. The number of hydrogen-bond acceptors (Lipinski definition) is 2. The molecule has 22 heavy (non-hydrogen) atoms. The Bertz CT molecular complexity index is 651. The molecule has 0 atom stereocenters. The second kappa shape index (κ2) is 7.61. The van der Waals surface area contributed by atoms with Gasteiger partial charge in [-0.15, -0.1) is 0 Å². The molecule has 2 amide bonds. The van der Waals surface area contributed by atoms with Gasteiger partial charge in [0, 0.05) is 29.2 Å². The van der Waals surface area contributed by atoms with E-state index in [9.17, 15) is 9.59 Å². The number of rotatable bonds is 5. The van der Waals surface area contributed by atoms with E-state index >= 15 is 0 Å². The van der Waals surface area contributed by atoms with Crippen LogP contribution in [0.1, 0.15) is 22.3 Å². The van der Waals surface area contributed by atoms with Gasteiger partial charge in [0.1, 0.15) is 0 Å². The van der Waals surface area contributed by atoms with Crippen molar-refractivity contribution in [2.45, 2.75) is 13.3 Å². The summed E-state index contributed by atoms with van der Waals surface area (Å²) < 4.78 is 0. The third kappa shape index (κ3) is 4.90. The maximum atomic E-state index is 11.8. The summed E-state index contributed by atoms with van der Waals surface area (Å²) in [6, 6.07) is 14.1. The van der Waals surface area contributed by atoms with Crippen LogP contribution in [0.25, 0.3) is 0 Å². The zero-order valence-corrected chi connectivity index (χ0v) is 13.0. The second-order valence-electron chi connectivity index (χ2n) is 4.93. The van der Waals surface area contributed by atoms with Gasteiger partial charge in [-0.2, -0.15) is 0 Å². The molecule has 0 spiro atoms. The zero-order valence-electron chi connectivity index (χ0n) is 12.2. The molecule has 0 fully saturated rings. The molecule has 0 aliphatic rings. The van der Waals surface area contributed by atoms with Crippen molar-refractivity contribution < 1.29 is 9.59 Å². The van der Waals surface area contributed by atoms with Gasteiger partial charge in [0.2, 0.25) is 5.91 Å². The summed E-state index contributed by atoms with van der Waals surface area (Å²) in [5.74, 6) is -0.361. The average Bonchev–Trinajstić information content (AvgIpc) is 2.50. The quantitative estimate of drug-likeness (QED) is 0.888. The Balaban J connectivity index is 1.75. The maximum absolute atomic E-state index is 11.8. The second-order valence-corrected chi connectivity index (χ2v) is 5.36. The first kappa shape index (κ1) is 16.0. The minimum Gasteiger partial charge on any atom is -0.352 e. The van der Waals surface area contributed by atoms with Crippen LogP contribution < -0.4 is 10.6 Å². The molecule has 0 saturated carbocycles. The number of benzene rings is 2. The van der Waals surface area contributed by atoms with Gasteiger partial charge >= 0.3 is 0 Å². The van der Waals surface area contributed by atoms with E-state index in [0.29, 0.717) is 10.6 Å². The molecule has 0 radical (unpaired) electrons. The zero-order chi connectivity index (χ0) is 15.9. The first-order chi connectivity index (χ1) is 10.5. The highest BCUT2D eigenvalue weighted by Crippen LogP contribution is 2.10. The van der Waals surface area contributed by atoms with Gasteiger partial charge in [0.25, 0.3) is 5.91 Å². The molecule has 2 aromatic carbocycles. The van der Waals surface area contributed by atoms with Gasteiger partial charge in [-0.3, -0.25) is 9.59 Å². The van der Waals surface area contributed by atoms with Crippen LogP contribution in [0.15, 0.2) is 48.5 Å². The minimum atomic E-state index is -0.222. The highest BCUT2D eigenvalue weighted by atomic mass is 35.5. The number of nitrogens with one attached hydrogen (secondary N) is 2. The number of carbonyl (C=O) groups is 2. The summed E-state index contributed by atoms with van der Waals surface area (Å²) in [5, 5.41) is 6.06.